The molecule has 4 heavy (non-hydrogen) atoms. The molecule has 1 radical (unpaired) electrons. The molecule has 0 atom stereocenters. The van der Waals surface area contributed by atoms with Gasteiger partial charge in [-0.25, -0.2) is 0 Å². The molecule has 0 saturated heterocycles. The van der Waals surface area contributed by atoms with Gasteiger partial charge in [-0.1, -0.05) is 0 Å². The first-order chi connectivity index (χ1) is 0. The van der Waals surface area contributed by atoms with Crippen LogP contribution in [0.5, 0.6) is 0 Å². The monoisotopic (exact) mass is 307 g/mol. The van der Waals surface area contributed by atoms with Crippen LogP contribution in [-0.4, -0.2) is 43.2 Å². The Morgan fingerprint density at radius 3 is 1.00 bits per heavy atom. The molecule has 0 aromatic rings. The predicted octanol–water partition coefficient (Wildman–Crippen LogP) is -1.74. The molecule has 0 aliphatic rings. The van der Waals surface area contributed by atoms with Crippen molar-refractivity contribution in [3.63, 3.8) is 0 Å². The minimum atomic E-state index is 0. The minimum absolute atomic E-state index is 0. The Morgan fingerprint density at radius 1 is 1.00 bits per heavy atom. The van der Waals surface area contributed by atoms with Gasteiger partial charge in [-0.3, -0.25) is 0 Å². The van der Waals surface area contributed by atoms with Gasteiger partial charge in [0, 0.05) is 72.6 Å². The maximum Gasteiger partial charge on any atom is 0 e. The maximum absolute atomic E-state index is 0. The third kappa shape index (κ3) is 9.17. The normalized spacial score (nSPS) is 0. The molecule has 23 valence electrons. The van der Waals surface area contributed by atoms with E-state index in [-0.39, 0.29) is 116 Å². The molecule has 0 aliphatic heterocycles. The molecule has 0 fully saturated rings. The summed E-state index contributed by atoms with van der Waals surface area (Å²) in [7, 11) is 0. The second-order valence-corrected chi connectivity index (χ2v) is 0. The Kier molecular flexibility index (Phi) is 101. The molecule has 0 spiro atoms. The van der Waals surface area contributed by atoms with Crippen LogP contribution in [0.15, 0.2) is 0 Å². The summed E-state index contributed by atoms with van der Waals surface area (Å²) in [6.45, 7) is 0. The fraction of sp³-hybridized carbons (Fsp3) is 0. The van der Waals surface area contributed by atoms with Crippen molar-refractivity contribution in [3.05, 3.63) is 0 Å². The summed E-state index contributed by atoms with van der Waals surface area (Å²) < 4.78 is 0. The third-order valence-corrected chi connectivity index (χ3v) is 0. The van der Waals surface area contributed by atoms with Gasteiger partial charge in [0.25, 0.3) is 0 Å². The van der Waals surface area contributed by atoms with Gasteiger partial charge in [0.15, 0.2) is 0 Å². The van der Waals surface area contributed by atoms with Gasteiger partial charge in [-0.2, -0.15) is 0 Å². The van der Waals surface area contributed by atoms with E-state index in [1.807, 2.05) is 0 Å². The van der Waals surface area contributed by atoms with E-state index in [1.165, 1.54) is 0 Å². The van der Waals surface area contributed by atoms with Crippen molar-refractivity contribution in [1.82, 2.24) is 0 Å². The number of hydrogen-bond donors (Lipinski definition) is 0. The van der Waals surface area contributed by atoms with Crippen molar-refractivity contribution in [2.45, 2.75) is 0 Å². The molecule has 0 aromatic heterocycles. The number of rotatable bonds is 0. The van der Waals surface area contributed by atoms with Crippen LogP contribution in [0.3, 0.4) is 0 Å². The predicted molar refractivity (Wildman–Crippen MR) is 12.2 cm³/mol. The van der Waals surface area contributed by atoms with E-state index >= 15 is 0 Å². The molecule has 0 saturated carbocycles. The van der Waals surface area contributed by atoms with E-state index in [4.69, 9.17) is 0 Å². The number of hydrogen-bond acceptors (Lipinski definition) is 0. The van der Waals surface area contributed by atoms with E-state index in [2.05, 4.69) is 0 Å². The molecule has 0 heterocycles. The van der Waals surface area contributed by atoms with Crippen LogP contribution in [-0.2, 0) is 32.7 Å². The fourth-order valence-corrected chi connectivity index (χ4v) is 0. The average molecular weight is 306 g/mol. The SMILES string of the molecule is O.[CaH2].[Gd].[Y]. The van der Waals surface area contributed by atoms with Gasteiger partial charge in [0.1, 0.15) is 0 Å². The first-order valence-electron chi connectivity index (χ1n) is 0. The van der Waals surface area contributed by atoms with Crippen LogP contribution in [0, 0.1) is 39.9 Å². The van der Waals surface area contributed by atoms with Crippen molar-refractivity contribution in [2.24, 2.45) is 0 Å². The zero-order valence-corrected chi connectivity index (χ0v) is 6.54. The second kappa shape index (κ2) is 15.9. The van der Waals surface area contributed by atoms with Crippen LogP contribution in [0.25, 0.3) is 0 Å². The molecular formula is H4CaGdOY. The van der Waals surface area contributed by atoms with E-state index in [1.54, 1.807) is 0 Å². The van der Waals surface area contributed by atoms with Crippen LogP contribution in [0.1, 0.15) is 0 Å². The smallest absolute Gasteiger partial charge is 0 e. The summed E-state index contributed by atoms with van der Waals surface area (Å²) in [6.07, 6.45) is 0. The average Bonchev–Trinajstić information content (AvgIpc) is 0. The minimum Gasteiger partial charge on any atom is 0 e. The van der Waals surface area contributed by atoms with Crippen LogP contribution in [0.2, 0.25) is 0 Å². The van der Waals surface area contributed by atoms with Crippen LogP contribution >= 0.6 is 0 Å². The van der Waals surface area contributed by atoms with Crippen molar-refractivity contribution in [2.75, 3.05) is 0 Å². The Labute approximate surface area is 113 Å². The summed E-state index contributed by atoms with van der Waals surface area (Å²) in [5.74, 6) is 0. The van der Waals surface area contributed by atoms with Crippen molar-refractivity contribution in [1.29, 1.82) is 0 Å². The van der Waals surface area contributed by atoms with E-state index < -0.39 is 0 Å². The summed E-state index contributed by atoms with van der Waals surface area (Å²) in [5, 5.41) is 0. The summed E-state index contributed by atoms with van der Waals surface area (Å²) >= 11 is 0. The second-order valence-electron chi connectivity index (χ2n) is 0. The van der Waals surface area contributed by atoms with Crippen LogP contribution in [0.4, 0.5) is 0 Å². The standard InChI is InChI=1S/Ca.Gd.H2O.Y.2H/h;;1H2;;;. The van der Waals surface area contributed by atoms with Gasteiger partial charge < -0.3 is 5.48 Å². The first-order valence-corrected chi connectivity index (χ1v) is 0. The maximum atomic E-state index is 0. The molecule has 2 N–H and O–H groups in total. The summed E-state index contributed by atoms with van der Waals surface area (Å²) in [6, 6.07) is 0. The van der Waals surface area contributed by atoms with Gasteiger partial charge in [0.2, 0.25) is 0 Å². The van der Waals surface area contributed by atoms with Crippen LogP contribution < -0.4 is 0 Å². The van der Waals surface area contributed by atoms with Crippen molar-refractivity contribution >= 4 is 37.7 Å². The quantitative estimate of drug-likeness (QED) is 0.476. The Balaban J connectivity index is 0. The molecule has 0 rings (SSSR count). The van der Waals surface area contributed by atoms with E-state index in [0.29, 0.717) is 0 Å². The van der Waals surface area contributed by atoms with Crippen molar-refractivity contribution < 1.29 is 78.1 Å². The molecule has 0 amide bonds. The molecule has 0 aromatic carbocycles. The zero-order chi connectivity index (χ0) is 0. The molecule has 4 heteroatoms. The van der Waals surface area contributed by atoms with E-state index in [9.17, 15) is 0 Å². The largest absolute Gasteiger partial charge is 0 e. The third-order valence-electron chi connectivity index (χ3n) is 0. The van der Waals surface area contributed by atoms with E-state index in [0.717, 1.165) is 0 Å². The van der Waals surface area contributed by atoms with Crippen molar-refractivity contribution in [3.8, 4) is 0 Å². The first kappa shape index (κ1) is 25.4. The zero-order valence-electron chi connectivity index (χ0n) is 1.43. The molecule has 1 nitrogen and oxygen atoms in total. The topological polar surface area (TPSA) is 31.5 Å². The molecule has 0 aliphatic carbocycles. The fourth-order valence-electron chi connectivity index (χ4n) is 0. The molecule has 0 bridgehead atoms. The summed E-state index contributed by atoms with van der Waals surface area (Å²) in [5.41, 5.74) is 0. The Hall–Kier alpha value is 3.65. The molecular weight excluding hydrogens is 302 g/mol. The van der Waals surface area contributed by atoms with Gasteiger partial charge in [-0.05, 0) is 0 Å². The molecule has 0 unspecified atom stereocenters. The van der Waals surface area contributed by atoms with Gasteiger partial charge in [-0.15, -0.1) is 0 Å². The Bertz CT molecular complexity index is 8.00. The van der Waals surface area contributed by atoms with Gasteiger partial charge >= 0.3 is 37.7 Å². The van der Waals surface area contributed by atoms with Gasteiger partial charge in [0.05, 0.1) is 0 Å². The summed E-state index contributed by atoms with van der Waals surface area (Å²) in [4.78, 5) is 0. The Morgan fingerprint density at radius 2 is 1.00 bits per heavy atom.